The SMILES string of the molecule is CCCCN(C)C(=O)C(C)CNC. The summed E-state index contributed by atoms with van der Waals surface area (Å²) >= 11 is 0. The van der Waals surface area contributed by atoms with Gasteiger partial charge in [0.1, 0.15) is 0 Å². The molecule has 1 atom stereocenters. The van der Waals surface area contributed by atoms with E-state index in [2.05, 4.69) is 12.2 Å². The van der Waals surface area contributed by atoms with Crippen LogP contribution >= 0.6 is 0 Å². The van der Waals surface area contributed by atoms with Gasteiger partial charge in [-0.15, -0.1) is 0 Å². The first kappa shape index (κ1) is 12.4. The van der Waals surface area contributed by atoms with Gasteiger partial charge < -0.3 is 10.2 Å². The molecule has 0 heterocycles. The highest BCUT2D eigenvalue weighted by Gasteiger charge is 2.15. The third kappa shape index (κ3) is 4.88. The van der Waals surface area contributed by atoms with Crippen LogP contribution in [0.1, 0.15) is 26.7 Å². The second kappa shape index (κ2) is 6.89. The highest BCUT2D eigenvalue weighted by molar-refractivity contribution is 5.78. The molecule has 0 spiro atoms. The van der Waals surface area contributed by atoms with Crippen LogP contribution in [-0.4, -0.2) is 38.0 Å². The lowest BCUT2D eigenvalue weighted by molar-refractivity contribution is -0.133. The molecule has 0 bridgehead atoms. The molecule has 0 aromatic heterocycles. The maximum Gasteiger partial charge on any atom is 0.226 e. The molecule has 0 aliphatic heterocycles. The van der Waals surface area contributed by atoms with Crippen LogP contribution in [0.25, 0.3) is 0 Å². The van der Waals surface area contributed by atoms with Crippen molar-refractivity contribution in [2.24, 2.45) is 5.92 Å². The molecule has 0 fully saturated rings. The first-order valence-electron chi connectivity index (χ1n) is 5.03. The van der Waals surface area contributed by atoms with Crippen LogP contribution in [0.2, 0.25) is 0 Å². The maximum absolute atomic E-state index is 11.6. The molecular weight excluding hydrogens is 164 g/mol. The lowest BCUT2D eigenvalue weighted by Crippen LogP contribution is -2.36. The molecule has 0 saturated carbocycles. The van der Waals surface area contributed by atoms with Crippen molar-refractivity contribution in [2.75, 3.05) is 27.2 Å². The first-order chi connectivity index (χ1) is 6.13. The van der Waals surface area contributed by atoms with Gasteiger partial charge in [0.15, 0.2) is 0 Å². The van der Waals surface area contributed by atoms with Gasteiger partial charge in [-0.25, -0.2) is 0 Å². The Morgan fingerprint density at radius 3 is 2.62 bits per heavy atom. The van der Waals surface area contributed by atoms with Crippen LogP contribution in [0.15, 0.2) is 0 Å². The predicted molar refractivity (Wildman–Crippen MR) is 55.6 cm³/mol. The van der Waals surface area contributed by atoms with Crippen LogP contribution in [0, 0.1) is 5.92 Å². The average molecular weight is 186 g/mol. The molecule has 0 aromatic carbocycles. The highest BCUT2D eigenvalue weighted by Crippen LogP contribution is 2.01. The molecule has 0 saturated heterocycles. The third-order valence-electron chi connectivity index (χ3n) is 2.16. The number of amides is 1. The van der Waals surface area contributed by atoms with Crippen molar-refractivity contribution in [3.63, 3.8) is 0 Å². The van der Waals surface area contributed by atoms with Crippen molar-refractivity contribution in [1.29, 1.82) is 0 Å². The number of unbranched alkanes of at least 4 members (excludes halogenated alkanes) is 1. The summed E-state index contributed by atoms with van der Waals surface area (Å²) in [6.45, 7) is 5.73. The summed E-state index contributed by atoms with van der Waals surface area (Å²) in [5, 5.41) is 3.01. The number of nitrogens with one attached hydrogen (secondary N) is 1. The zero-order valence-electron chi connectivity index (χ0n) is 9.26. The molecule has 0 rings (SSSR count). The van der Waals surface area contributed by atoms with Crippen molar-refractivity contribution in [3.8, 4) is 0 Å². The van der Waals surface area contributed by atoms with Gasteiger partial charge in [0, 0.05) is 26.1 Å². The number of rotatable bonds is 6. The summed E-state index contributed by atoms with van der Waals surface area (Å²) < 4.78 is 0. The Bertz CT molecular complexity index is 148. The van der Waals surface area contributed by atoms with E-state index in [0.29, 0.717) is 0 Å². The fraction of sp³-hybridized carbons (Fsp3) is 0.900. The van der Waals surface area contributed by atoms with Crippen LogP contribution in [-0.2, 0) is 4.79 Å². The van der Waals surface area contributed by atoms with Crippen LogP contribution in [0.3, 0.4) is 0 Å². The number of carbonyl (C=O) groups is 1. The van der Waals surface area contributed by atoms with Gasteiger partial charge in [0.05, 0.1) is 0 Å². The van der Waals surface area contributed by atoms with Gasteiger partial charge >= 0.3 is 0 Å². The van der Waals surface area contributed by atoms with Crippen LogP contribution in [0.5, 0.6) is 0 Å². The number of hydrogen-bond donors (Lipinski definition) is 1. The minimum Gasteiger partial charge on any atom is -0.345 e. The fourth-order valence-electron chi connectivity index (χ4n) is 1.28. The Balaban J connectivity index is 3.79. The average Bonchev–Trinajstić information content (AvgIpc) is 2.13. The molecule has 3 nitrogen and oxygen atoms in total. The smallest absolute Gasteiger partial charge is 0.226 e. The van der Waals surface area contributed by atoms with Crippen LogP contribution in [0.4, 0.5) is 0 Å². The van der Waals surface area contributed by atoms with Crippen molar-refractivity contribution >= 4 is 5.91 Å². The molecular formula is C10H22N2O. The van der Waals surface area contributed by atoms with Gasteiger partial charge in [0.2, 0.25) is 5.91 Å². The second-order valence-electron chi connectivity index (χ2n) is 3.57. The van der Waals surface area contributed by atoms with Crippen molar-refractivity contribution < 1.29 is 4.79 Å². The Morgan fingerprint density at radius 2 is 2.15 bits per heavy atom. The van der Waals surface area contributed by atoms with Crippen molar-refractivity contribution in [3.05, 3.63) is 0 Å². The van der Waals surface area contributed by atoms with E-state index in [0.717, 1.165) is 25.9 Å². The van der Waals surface area contributed by atoms with Gasteiger partial charge in [0.25, 0.3) is 0 Å². The zero-order chi connectivity index (χ0) is 10.3. The Labute approximate surface area is 81.5 Å². The molecule has 0 radical (unpaired) electrons. The largest absolute Gasteiger partial charge is 0.345 e. The number of carbonyl (C=O) groups excluding carboxylic acids is 1. The standard InChI is InChI=1S/C10H22N2O/c1-5-6-7-12(4)10(13)9(2)8-11-3/h9,11H,5-8H2,1-4H3. The molecule has 13 heavy (non-hydrogen) atoms. The van der Waals surface area contributed by atoms with Gasteiger partial charge in [-0.1, -0.05) is 20.3 Å². The van der Waals surface area contributed by atoms with E-state index in [4.69, 9.17) is 0 Å². The quantitative estimate of drug-likeness (QED) is 0.673. The first-order valence-corrected chi connectivity index (χ1v) is 5.03. The second-order valence-corrected chi connectivity index (χ2v) is 3.57. The highest BCUT2D eigenvalue weighted by atomic mass is 16.2. The lowest BCUT2D eigenvalue weighted by Gasteiger charge is -2.20. The van der Waals surface area contributed by atoms with E-state index < -0.39 is 0 Å². The Morgan fingerprint density at radius 1 is 1.54 bits per heavy atom. The summed E-state index contributed by atoms with van der Waals surface area (Å²) in [5.74, 6) is 0.328. The monoisotopic (exact) mass is 186 g/mol. The van der Waals surface area contributed by atoms with Gasteiger partial charge in [-0.2, -0.15) is 0 Å². The predicted octanol–water partition coefficient (Wildman–Crippen LogP) is 1.10. The summed E-state index contributed by atoms with van der Waals surface area (Å²) in [4.78, 5) is 13.4. The maximum atomic E-state index is 11.6. The zero-order valence-corrected chi connectivity index (χ0v) is 9.26. The Kier molecular flexibility index (Phi) is 6.59. The fourth-order valence-corrected chi connectivity index (χ4v) is 1.28. The molecule has 0 aromatic rings. The van der Waals surface area contributed by atoms with Crippen molar-refractivity contribution in [2.45, 2.75) is 26.7 Å². The minimum absolute atomic E-state index is 0.0897. The van der Waals surface area contributed by atoms with Gasteiger partial charge in [-0.3, -0.25) is 4.79 Å². The summed E-state index contributed by atoms with van der Waals surface area (Å²) in [5.41, 5.74) is 0. The van der Waals surface area contributed by atoms with Gasteiger partial charge in [-0.05, 0) is 13.5 Å². The normalized spacial score (nSPS) is 12.6. The molecule has 1 N–H and O–H groups in total. The number of hydrogen-bond acceptors (Lipinski definition) is 2. The summed E-state index contributed by atoms with van der Waals surface area (Å²) in [6, 6.07) is 0. The lowest BCUT2D eigenvalue weighted by atomic mass is 10.1. The van der Waals surface area contributed by atoms with E-state index in [-0.39, 0.29) is 11.8 Å². The molecule has 0 aliphatic carbocycles. The van der Waals surface area contributed by atoms with Crippen molar-refractivity contribution in [1.82, 2.24) is 10.2 Å². The molecule has 78 valence electrons. The van der Waals surface area contributed by atoms with E-state index in [1.54, 1.807) is 0 Å². The molecule has 3 heteroatoms. The molecule has 1 unspecified atom stereocenters. The van der Waals surface area contributed by atoms with E-state index >= 15 is 0 Å². The Hall–Kier alpha value is -0.570. The summed E-state index contributed by atoms with van der Waals surface area (Å²) in [6.07, 6.45) is 2.23. The topological polar surface area (TPSA) is 32.3 Å². The van der Waals surface area contributed by atoms with E-state index in [1.165, 1.54) is 0 Å². The van der Waals surface area contributed by atoms with E-state index in [1.807, 2.05) is 25.9 Å². The minimum atomic E-state index is 0.0897. The number of nitrogens with zero attached hydrogens (tertiary/aromatic N) is 1. The third-order valence-corrected chi connectivity index (χ3v) is 2.16. The van der Waals surface area contributed by atoms with E-state index in [9.17, 15) is 4.79 Å². The molecule has 1 amide bonds. The molecule has 0 aliphatic rings. The summed E-state index contributed by atoms with van der Waals surface area (Å²) in [7, 11) is 3.75. The van der Waals surface area contributed by atoms with Crippen LogP contribution < -0.4 is 5.32 Å².